The summed E-state index contributed by atoms with van der Waals surface area (Å²) in [6.07, 6.45) is 2.39. The predicted octanol–water partition coefficient (Wildman–Crippen LogP) is 2.92. The molecule has 0 radical (unpaired) electrons. The number of carbonyl (C=O) groups excluding carboxylic acids is 1. The van der Waals surface area contributed by atoms with Crippen LogP contribution in [0.15, 0.2) is 18.2 Å². The first-order valence-electron chi connectivity index (χ1n) is 5.24. The molecule has 2 aromatic rings. The number of aryl methyl sites for hydroxylation is 3. The molecule has 2 heteroatoms. The van der Waals surface area contributed by atoms with Crippen molar-refractivity contribution in [3.05, 3.63) is 35.0 Å². The molecule has 0 atom stereocenters. The summed E-state index contributed by atoms with van der Waals surface area (Å²) in [7, 11) is 0. The topological polar surface area (TPSA) is 32.9 Å². The highest BCUT2D eigenvalue weighted by Crippen LogP contribution is 2.24. The lowest BCUT2D eigenvalue weighted by Crippen LogP contribution is -1.87. The van der Waals surface area contributed by atoms with Crippen molar-refractivity contribution in [1.82, 2.24) is 4.98 Å². The van der Waals surface area contributed by atoms with Gasteiger partial charge in [-0.3, -0.25) is 0 Å². The SMILES string of the molecule is Cc1[nH]c2c(CCC=O)cccc2c1C. The van der Waals surface area contributed by atoms with Crippen molar-refractivity contribution in [3.63, 3.8) is 0 Å². The van der Waals surface area contributed by atoms with E-state index in [1.807, 2.05) is 0 Å². The van der Waals surface area contributed by atoms with Crippen molar-refractivity contribution in [2.24, 2.45) is 0 Å². The van der Waals surface area contributed by atoms with Crippen LogP contribution in [0.3, 0.4) is 0 Å². The summed E-state index contributed by atoms with van der Waals surface area (Å²) in [5.41, 5.74) is 4.94. The number of rotatable bonds is 3. The molecule has 0 spiro atoms. The first-order valence-corrected chi connectivity index (χ1v) is 5.24. The number of para-hydroxylation sites is 1. The molecule has 2 rings (SSSR count). The molecule has 0 saturated heterocycles. The fourth-order valence-electron chi connectivity index (χ4n) is 1.97. The molecule has 0 aliphatic rings. The van der Waals surface area contributed by atoms with Crippen LogP contribution in [0.5, 0.6) is 0 Å². The first kappa shape index (κ1) is 9.97. The molecule has 2 nitrogen and oxygen atoms in total. The van der Waals surface area contributed by atoms with Gasteiger partial charge in [-0.1, -0.05) is 18.2 Å². The lowest BCUT2D eigenvalue weighted by atomic mass is 10.1. The Hall–Kier alpha value is -1.57. The van der Waals surface area contributed by atoms with Gasteiger partial charge in [0.15, 0.2) is 0 Å². The van der Waals surface area contributed by atoms with Crippen LogP contribution in [-0.2, 0) is 11.2 Å². The number of hydrogen-bond donors (Lipinski definition) is 1. The molecular weight excluding hydrogens is 186 g/mol. The van der Waals surface area contributed by atoms with Crippen LogP contribution >= 0.6 is 0 Å². The zero-order chi connectivity index (χ0) is 10.8. The Balaban J connectivity index is 2.55. The van der Waals surface area contributed by atoms with Crippen molar-refractivity contribution in [2.75, 3.05) is 0 Å². The van der Waals surface area contributed by atoms with E-state index in [4.69, 9.17) is 0 Å². The Morgan fingerprint density at radius 2 is 2.13 bits per heavy atom. The summed E-state index contributed by atoms with van der Waals surface area (Å²) in [5.74, 6) is 0. The summed E-state index contributed by atoms with van der Waals surface area (Å²) in [4.78, 5) is 13.8. The minimum absolute atomic E-state index is 0.593. The maximum Gasteiger partial charge on any atom is 0.120 e. The fourth-order valence-corrected chi connectivity index (χ4v) is 1.97. The Kier molecular flexibility index (Phi) is 2.58. The van der Waals surface area contributed by atoms with E-state index in [2.05, 4.69) is 37.0 Å². The molecule has 1 heterocycles. The molecule has 0 saturated carbocycles. The van der Waals surface area contributed by atoms with Gasteiger partial charge in [0.25, 0.3) is 0 Å². The molecule has 78 valence electrons. The molecule has 0 bridgehead atoms. The van der Waals surface area contributed by atoms with E-state index in [0.29, 0.717) is 6.42 Å². The standard InChI is InChI=1S/C13H15NO/c1-9-10(2)14-13-11(6-4-8-15)5-3-7-12(9)13/h3,5,7-8,14H,4,6H2,1-2H3. The van der Waals surface area contributed by atoms with E-state index in [1.165, 1.54) is 27.7 Å². The molecule has 0 unspecified atom stereocenters. The van der Waals surface area contributed by atoms with Gasteiger partial charge in [0.2, 0.25) is 0 Å². The molecule has 0 amide bonds. The van der Waals surface area contributed by atoms with Gasteiger partial charge in [0.1, 0.15) is 6.29 Å². The molecule has 0 aliphatic carbocycles. The van der Waals surface area contributed by atoms with Gasteiger partial charge < -0.3 is 9.78 Å². The van der Waals surface area contributed by atoms with E-state index in [9.17, 15) is 4.79 Å². The summed E-state index contributed by atoms with van der Waals surface area (Å²) in [5, 5.41) is 1.27. The Morgan fingerprint density at radius 3 is 2.87 bits per heavy atom. The molecular formula is C13H15NO. The van der Waals surface area contributed by atoms with Gasteiger partial charge >= 0.3 is 0 Å². The third-order valence-corrected chi connectivity index (χ3v) is 2.96. The second kappa shape index (κ2) is 3.89. The summed E-state index contributed by atoms with van der Waals surface area (Å²) in [6.45, 7) is 4.20. The minimum atomic E-state index is 0.593. The maximum atomic E-state index is 10.4. The predicted molar refractivity (Wildman–Crippen MR) is 62.2 cm³/mol. The largest absolute Gasteiger partial charge is 0.358 e. The van der Waals surface area contributed by atoms with Crippen molar-refractivity contribution < 1.29 is 4.79 Å². The number of benzene rings is 1. The third kappa shape index (κ3) is 1.67. The van der Waals surface area contributed by atoms with E-state index in [-0.39, 0.29) is 0 Å². The normalized spacial score (nSPS) is 10.8. The average molecular weight is 201 g/mol. The zero-order valence-electron chi connectivity index (χ0n) is 9.13. The van der Waals surface area contributed by atoms with E-state index < -0.39 is 0 Å². The van der Waals surface area contributed by atoms with Crippen LogP contribution < -0.4 is 0 Å². The Bertz CT molecular complexity index is 496. The van der Waals surface area contributed by atoms with Crippen LogP contribution in [0.25, 0.3) is 10.9 Å². The van der Waals surface area contributed by atoms with Gasteiger partial charge in [-0.2, -0.15) is 0 Å². The van der Waals surface area contributed by atoms with Gasteiger partial charge in [0, 0.05) is 23.0 Å². The highest BCUT2D eigenvalue weighted by Gasteiger charge is 2.07. The second-order valence-corrected chi connectivity index (χ2v) is 3.92. The fraction of sp³-hybridized carbons (Fsp3) is 0.308. The zero-order valence-corrected chi connectivity index (χ0v) is 9.13. The van der Waals surface area contributed by atoms with Crippen LogP contribution in [0.2, 0.25) is 0 Å². The van der Waals surface area contributed by atoms with Crippen molar-refractivity contribution in [2.45, 2.75) is 26.7 Å². The summed E-state index contributed by atoms with van der Waals surface area (Å²) < 4.78 is 0. The van der Waals surface area contributed by atoms with Crippen LogP contribution in [0, 0.1) is 13.8 Å². The minimum Gasteiger partial charge on any atom is -0.358 e. The van der Waals surface area contributed by atoms with Crippen LogP contribution in [0.1, 0.15) is 23.2 Å². The number of aromatic amines is 1. The van der Waals surface area contributed by atoms with Crippen LogP contribution in [-0.4, -0.2) is 11.3 Å². The number of hydrogen-bond acceptors (Lipinski definition) is 1. The molecule has 15 heavy (non-hydrogen) atoms. The summed E-state index contributed by atoms with van der Waals surface area (Å²) in [6, 6.07) is 6.27. The number of H-pyrrole nitrogens is 1. The van der Waals surface area contributed by atoms with Gasteiger partial charge in [-0.05, 0) is 31.4 Å². The quantitative estimate of drug-likeness (QED) is 0.761. The lowest BCUT2D eigenvalue weighted by molar-refractivity contribution is -0.107. The number of carbonyl (C=O) groups is 1. The van der Waals surface area contributed by atoms with Gasteiger partial charge in [-0.25, -0.2) is 0 Å². The van der Waals surface area contributed by atoms with Crippen molar-refractivity contribution in [1.29, 1.82) is 0 Å². The number of aromatic nitrogens is 1. The number of nitrogens with one attached hydrogen (secondary N) is 1. The van der Waals surface area contributed by atoms with Crippen molar-refractivity contribution >= 4 is 17.2 Å². The highest BCUT2D eigenvalue weighted by molar-refractivity contribution is 5.87. The lowest BCUT2D eigenvalue weighted by Gasteiger charge is -2.00. The number of aldehydes is 1. The molecule has 1 aromatic carbocycles. The highest BCUT2D eigenvalue weighted by atomic mass is 16.1. The smallest absolute Gasteiger partial charge is 0.120 e. The van der Waals surface area contributed by atoms with Gasteiger partial charge in [0.05, 0.1) is 0 Å². The third-order valence-electron chi connectivity index (χ3n) is 2.96. The number of fused-ring (bicyclic) bond motifs is 1. The summed E-state index contributed by atoms with van der Waals surface area (Å²) >= 11 is 0. The van der Waals surface area contributed by atoms with Gasteiger partial charge in [-0.15, -0.1) is 0 Å². The first-order chi connectivity index (χ1) is 7.24. The molecule has 0 aliphatic heterocycles. The van der Waals surface area contributed by atoms with E-state index in [1.54, 1.807) is 0 Å². The second-order valence-electron chi connectivity index (χ2n) is 3.92. The molecule has 0 fully saturated rings. The van der Waals surface area contributed by atoms with E-state index in [0.717, 1.165) is 12.7 Å². The molecule has 1 N–H and O–H groups in total. The monoisotopic (exact) mass is 201 g/mol. The maximum absolute atomic E-state index is 10.4. The van der Waals surface area contributed by atoms with Crippen LogP contribution in [0.4, 0.5) is 0 Å². The average Bonchev–Trinajstić information content (AvgIpc) is 2.53. The Labute approximate surface area is 89.3 Å². The Morgan fingerprint density at radius 1 is 1.33 bits per heavy atom. The van der Waals surface area contributed by atoms with E-state index >= 15 is 0 Å². The van der Waals surface area contributed by atoms with Crippen molar-refractivity contribution in [3.8, 4) is 0 Å². The molecule has 1 aromatic heterocycles.